The van der Waals surface area contributed by atoms with Crippen LogP contribution in [0.1, 0.15) is 20.8 Å². The van der Waals surface area contributed by atoms with Crippen LogP contribution in [-0.4, -0.2) is 45.3 Å². The molecule has 0 N–H and O–H groups in total. The van der Waals surface area contributed by atoms with Gasteiger partial charge in [-0.15, -0.1) is 0 Å². The third-order valence-electron chi connectivity index (χ3n) is 3.49. The van der Waals surface area contributed by atoms with Crippen LogP contribution in [0.4, 0.5) is 0 Å². The second-order valence-electron chi connectivity index (χ2n) is 6.01. The molecule has 5 heteroatoms. The molecule has 5 nitrogen and oxygen atoms in total. The van der Waals surface area contributed by atoms with Gasteiger partial charge in [-0.25, -0.2) is 0 Å². The fourth-order valence-electron chi connectivity index (χ4n) is 2.35. The third-order valence-corrected chi connectivity index (χ3v) is 3.49. The zero-order chi connectivity index (χ0) is 15.0. The van der Waals surface area contributed by atoms with Crippen molar-refractivity contribution in [1.82, 2.24) is 0 Å². The number of rotatable bonds is 3. The van der Waals surface area contributed by atoms with Crippen LogP contribution >= 0.6 is 0 Å². The van der Waals surface area contributed by atoms with E-state index >= 15 is 0 Å². The van der Waals surface area contributed by atoms with Gasteiger partial charge in [-0.1, -0.05) is 13.8 Å². The molecule has 112 valence electrons. The Labute approximate surface area is 119 Å². The van der Waals surface area contributed by atoms with E-state index < -0.39 is 12.1 Å². The van der Waals surface area contributed by atoms with Crippen molar-refractivity contribution >= 4 is 5.78 Å². The summed E-state index contributed by atoms with van der Waals surface area (Å²) in [5.74, 6) is -1.66. The van der Waals surface area contributed by atoms with Gasteiger partial charge in [0.1, 0.15) is 0 Å². The molecule has 2 rings (SSSR count). The van der Waals surface area contributed by atoms with Gasteiger partial charge < -0.3 is 18.9 Å². The predicted molar refractivity (Wildman–Crippen MR) is 73.1 cm³/mol. The lowest BCUT2D eigenvalue weighted by molar-refractivity contribution is -0.213. The summed E-state index contributed by atoms with van der Waals surface area (Å²) in [6.07, 6.45) is 2.76. The predicted octanol–water partition coefficient (Wildman–Crippen LogP) is 1.83. The largest absolute Gasteiger partial charge is 0.348 e. The Balaban J connectivity index is 2.24. The van der Waals surface area contributed by atoms with E-state index in [1.807, 2.05) is 6.92 Å². The van der Waals surface area contributed by atoms with Gasteiger partial charge in [0.05, 0.1) is 18.8 Å². The number of allylic oxidation sites excluding steroid dienone is 2. The minimum absolute atomic E-state index is 0.0424. The minimum Gasteiger partial charge on any atom is -0.348 e. The molecular weight excluding hydrogens is 260 g/mol. The van der Waals surface area contributed by atoms with Crippen LogP contribution in [-0.2, 0) is 23.7 Å². The molecule has 0 spiro atoms. The molecule has 0 bridgehead atoms. The van der Waals surface area contributed by atoms with Crippen LogP contribution in [0.2, 0.25) is 0 Å². The first-order valence-corrected chi connectivity index (χ1v) is 6.63. The maximum Gasteiger partial charge on any atom is 0.254 e. The zero-order valence-corrected chi connectivity index (χ0v) is 12.7. The molecule has 0 unspecified atom stereocenters. The summed E-state index contributed by atoms with van der Waals surface area (Å²) in [7, 11) is 2.89. The lowest BCUT2D eigenvalue weighted by Crippen LogP contribution is -2.48. The van der Waals surface area contributed by atoms with Crippen molar-refractivity contribution in [3.63, 3.8) is 0 Å². The van der Waals surface area contributed by atoms with E-state index in [-0.39, 0.29) is 11.2 Å². The molecular formula is C15H22O5. The Hall–Kier alpha value is -1.01. The average Bonchev–Trinajstić information content (AvgIpc) is 2.41. The minimum atomic E-state index is -1.38. The Bertz CT molecular complexity index is 447. The SMILES string of the molecule is COC1(OC)C=C(C)C=C(C2OCC(C)(C)CO2)C1=O. The van der Waals surface area contributed by atoms with Crippen LogP contribution in [0.25, 0.3) is 0 Å². The van der Waals surface area contributed by atoms with Gasteiger partial charge in [-0.3, -0.25) is 4.79 Å². The highest BCUT2D eigenvalue weighted by atomic mass is 16.7. The molecule has 0 aromatic carbocycles. The van der Waals surface area contributed by atoms with E-state index in [4.69, 9.17) is 18.9 Å². The van der Waals surface area contributed by atoms with E-state index in [9.17, 15) is 4.79 Å². The number of Topliss-reactive ketones (excluding diaryl/α,β-unsaturated/α-hetero) is 1. The maximum atomic E-state index is 12.6. The van der Waals surface area contributed by atoms with E-state index in [0.29, 0.717) is 18.8 Å². The number of methoxy groups -OCH3 is 2. The standard InChI is InChI=1S/C15H22O5/c1-10-6-11(12(16)15(7-10,17-4)18-5)13-19-8-14(2,3)9-20-13/h6-7,13H,8-9H2,1-5H3. The van der Waals surface area contributed by atoms with Gasteiger partial charge in [-0.05, 0) is 24.6 Å². The van der Waals surface area contributed by atoms with Crippen molar-refractivity contribution in [2.45, 2.75) is 32.8 Å². The first-order chi connectivity index (χ1) is 9.33. The summed E-state index contributed by atoms with van der Waals surface area (Å²) in [5.41, 5.74) is 1.27. The van der Waals surface area contributed by atoms with Crippen molar-refractivity contribution < 1.29 is 23.7 Å². The molecule has 0 radical (unpaired) electrons. The highest BCUT2D eigenvalue weighted by molar-refractivity contribution is 6.04. The van der Waals surface area contributed by atoms with Gasteiger partial charge in [0.15, 0.2) is 6.29 Å². The first kappa shape index (κ1) is 15.4. The molecule has 0 amide bonds. The lowest BCUT2D eigenvalue weighted by atomic mass is 9.91. The summed E-state index contributed by atoms with van der Waals surface area (Å²) in [4.78, 5) is 12.6. The number of hydrogen-bond donors (Lipinski definition) is 0. The summed E-state index contributed by atoms with van der Waals surface area (Å²) >= 11 is 0. The molecule has 1 aliphatic heterocycles. The van der Waals surface area contributed by atoms with Crippen molar-refractivity contribution in [2.75, 3.05) is 27.4 Å². The Morgan fingerprint density at radius 3 is 2.25 bits per heavy atom. The summed E-state index contributed by atoms with van der Waals surface area (Å²) in [6, 6.07) is 0. The molecule has 0 aromatic rings. The molecule has 0 aromatic heterocycles. The van der Waals surface area contributed by atoms with E-state index in [2.05, 4.69) is 13.8 Å². The molecule has 1 saturated heterocycles. The fraction of sp³-hybridized carbons (Fsp3) is 0.667. The summed E-state index contributed by atoms with van der Waals surface area (Å²) < 4.78 is 21.9. The highest BCUT2D eigenvalue weighted by Crippen LogP contribution is 2.33. The van der Waals surface area contributed by atoms with E-state index in [1.54, 1.807) is 12.2 Å². The van der Waals surface area contributed by atoms with Crippen LogP contribution in [0, 0.1) is 5.41 Å². The number of hydrogen-bond acceptors (Lipinski definition) is 5. The number of ketones is 1. The first-order valence-electron chi connectivity index (χ1n) is 6.63. The van der Waals surface area contributed by atoms with Gasteiger partial charge >= 0.3 is 0 Å². The van der Waals surface area contributed by atoms with Crippen LogP contribution in [0.5, 0.6) is 0 Å². The molecule has 1 fully saturated rings. The van der Waals surface area contributed by atoms with Gasteiger partial charge in [0.25, 0.3) is 5.79 Å². The molecule has 0 saturated carbocycles. The van der Waals surface area contributed by atoms with E-state index in [0.717, 1.165) is 5.57 Å². The second-order valence-corrected chi connectivity index (χ2v) is 6.01. The van der Waals surface area contributed by atoms with Gasteiger partial charge in [0, 0.05) is 19.6 Å². The second kappa shape index (κ2) is 5.41. The lowest BCUT2D eigenvalue weighted by Gasteiger charge is -2.38. The van der Waals surface area contributed by atoms with Crippen LogP contribution in [0.15, 0.2) is 23.3 Å². The van der Waals surface area contributed by atoms with Gasteiger partial charge in [0.2, 0.25) is 5.78 Å². The van der Waals surface area contributed by atoms with Crippen molar-refractivity contribution in [1.29, 1.82) is 0 Å². The Morgan fingerprint density at radius 2 is 1.75 bits per heavy atom. The molecule has 0 atom stereocenters. The average molecular weight is 282 g/mol. The highest BCUT2D eigenvalue weighted by Gasteiger charge is 2.45. The quantitative estimate of drug-likeness (QED) is 0.739. The van der Waals surface area contributed by atoms with Crippen molar-refractivity contribution in [3.05, 3.63) is 23.3 Å². The summed E-state index contributed by atoms with van der Waals surface area (Å²) in [5, 5.41) is 0. The van der Waals surface area contributed by atoms with Gasteiger partial charge in [-0.2, -0.15) is 0 Å². The Morgan fingerprint density at radius 1 is 1.20 bits per heavy atom. The maximum absolute atomic E-state index is 12.6. The fourth-order valence-corrected chi connectivity index (χ4v) is 2.35. The van der Waals surface area contributed by atoms with E-state index in [1.165, 1.54) is 14.2 Å². The summed E-state index contributed by atoms with van der Waals surface area (Å²) in [6.45, 7) is 7.07. The number of carbonyl (C=O) groups is 1. The molecule has 20 heavy (non-hydrogen) atoms. The van der Waals surface area contributed by atoms with Crippen molar-refractivity contribution in [2.24, 2.45) is 5.41 Å². The normalized spacial score (nSPS) is 26.1. The van der Waals surface area contributed by atoms with Crippen molar-refractivity contribution in [3.8, 4) is 0 Å². The smallest absolute Gasteiger partial charge is 0.254 e. The zero-order valence-electron chi connectivity index (χ0n) is 12.7. The number of ether oxygens (including phenoxy) is 4. The van der Waals surface area contributed by atoms with Crippen LogP contribution in [0.3, 0.4) is 0 Å². The monoisotopic (exact) mass is 282 g/mol. The molecule has 1 aliphatic carbocycles. The molecule has 2 aliphatic rings. The Kier molecular flexibility index (Phi) is 4.16. The van der Waals surface area contributed by atoms with Crippen LogP contribution < -0.4 is 0 Å². The third kappa shape index (κ3) is 2.72. The number of carbonyl (C=O) groups excluding carboxylic acids is 1. The molecule has 1 heterocycles. The topological polar surface area (TPSA) is 54.0 Å².